The maximum atomic E-state index is 12.1. The van der Waals surface area contributed by atoms with Gasteiger partial charge < -0.3 is 0 Å². The summed E-state index contributed by atoms with van der Waals surface area (Å²) in [7, 11) is -3.85. The van der Waals surface area contributed by atoms with Crippen molar-refractivity contribution in [3.63, 3.8) is 0 Å². The summed E-state index contributed by atoms with van der Waals surface area (Å²) in [4.78, 5) is 10.3. The molecule has 6 nitrogen and oxygen atoms in total. The van der Waals surface area contributed by atoms with Crippen LogP contribution in [-0.2, 0) is 10.0 Å². The number of sulfonamides is 1. The summed E-state index contributed by atoms with van der Waals surface area (Å²) >= 11 is 0. The van der Waals surface area contributed by atoms with Gasteiger partial charge in [-0.05, 0) is 32.4 Å². The fourth-order valence-corrected chi connectivity index (χ4v) is 3.46. The molecule has 7 heteroatoms. The molecule has 0 saturated heterocycles. The Morgan fingerprint density at radius 2 is 1.95 bits per heavy atom. The van der Waals surface area contributed by atoms with Crippen molar-refractivity contribution in [1.82, 2.24) is 4.72 Å². The normalized spacial score (nSPS) is 11.1. The van der Waals surface area contributed by atoms with E-state index in [-0.39, 0.29) is 22.7 Å². The third kappa shape index (κ3) is 2.92. The second-order valence-electron chi connectivity index (χ2n) is 4.10. The molecule has 1 aromatic carbocycles. The van der Waals surface area contributed by atoms with Crippen molar-refractivity contribution in [1.29, 1.82) is 0 Å². The van der Waals surface area contributed by atoms with Crippen LogP contribution in [0.3, 0.4) is 0 Å². The van der Waals surface area contributed by atoms with Crippen LogP contribution in [0.25, 0.3) is 0 Å². The summed E-state index contributed by atoms with van der Waals surface area (Å²) in [5.41, 5.74) is 0.805. The zero-order chi connectivity index (χ0) is 14.8. The first kappa shape index (κ1) is 15.1. The van der Waals surface area contributed by atoms with Crippen LogP contribution in [-0.4, -0.2) is 19.9 Å². The van der Waals surface area contributed by atoms with Crippen LogP contribution in [0.15, 0.2) is 11.0 Å². The van der Waals surface area contributed by atoms with Gasteiger partial charge in [-0.3, -0.25) is 10.1 Å². The maximum Gasteiger partial charge on any atom is 0.276 e. The van der Waals surface area contributed by atoms with E-state index in [1.54, 1.807) is 13.8 Å². The van der Waals surface area contributed by atoms with Crippen molar-refractivity contribution in [3.8, 4) is 12.3 Å². The molecule has 0 saturated carbocycles. The zero-order valence-electron chi connectivity index (χ0n) is 10.9. The first-order valence-electron chi connectivity index (χ1n) is 5.40. The fraction of sp³-hybridized carbons (Fsp3) is 0.333. The quantitative estimate of drug-likeness (QED) is 0.514. The Bertz CT molecular complexity index is 672. The fourth-order valence-electron chi connectivity index (χ4n) is 2.06. The van der Waals surface area contributed by atoms with Gasteiger partial charge in [0.15, 0.2) is 0 Å². The average Bonchev–Trinajstić information content (AvgIpc) is 2.24. The Hall–Kier alpha value is -1.91. The first-order valence-corrected chi connectivity index (χ1v) is 6.89. The van der Waals surface area contributed by atoms with E-state index in [2.05, 4.69) is 10.6 Å². The number of nitro benzene ring substituents is 1. The molecular weight excluding hydrogens is 268 g/mol. The van der Waals surface area contributed by atoms with E-state index in [1.807, 2.05) is 0 Å². The number of hydrogen-bond acceptors (Lipinski definition) is 4. The minimum atomic E-state index is -3.85. The van der Waals surface area contributed by atoms with Gasteiger partial charge in [0.1, 0.15) is 0 Å². The molecule has 0 atom stereocenters. The highest BCUT2D eigenvalue weighted by atomic mass is 32.2. The smallest absolute Gasteiger partial charge is 0.258 e. The van der Waals surface area contributed by atoms with Crippen LogP contribution in [0, 0.1) is 43.2 Å². The van der Waals surface area contributed by atoms with Gasteiger partial charge in [-0.2, -0.15) is 4.72 Å². The van der Waals surface area contributed by atoms with E-state index in [1.165, 1.54) is 13.0 Å². The molecule has 0 spiro atoms. The summed E-state index contributed by atoms with van der Waals surface area (Å²) in [5.74, 6) is 2.16. The SMILES string of the molecule is C#CCNS(=O)(=O)c1c(C)cc(C)c([N+](=O)[O-])c1C. The lowest BCUT2D eigenvalue weighted by molar-refractivity contribution is -0.386. The Morgan fingerprint density at radius 3 is 2.42 bits per heavy atom. The van der Waals surface area contributed by atoms with Gasteiger partial charge in [0.2, 0.25) is 10.0 Å². The summed E-state index contributed by atoms with van der Waals surface area (Å²) in [6.07, 6.45) is 5.01. The molecule has 19 heavy (non-hydrogen) atoms. The average molecular weight is 282 g/mol. The lowest BCUT2D eigenvalue weighted by Gasteiger charge is -2.12. The largest absolute Gasteiger partial charge is 0.276 e. The molecular formula is C12H14N2O4S. The van der Waals surface area contributed by atoms with Gasteiger partial charge in [-0.1, -0.05) is 5.92 Å². The number of nitrogens with zero attached hydrogens (tertiary/aromatic N) is 1. The third-order valence-electron chi connectivity index (χ3n) is 2.68. The highest BCUT2D eigenvalue weighted by molar-refractivity contribution is 7.89. The Kier molecular flexibility index (Phi) is 4.29. The number of aryl methyl sites for hydroxylation is 2. The summed E-state index contributed by atoms with van der Waals surface area (Å²) in [6.45, 7) is 4.42. The van der Waals surface area contributed by atoms with E-state index in [4.69, 9.17) is 6.42 Å². The predicted molar refractivity (Wildman–Crippen MR) is 71.3 cm³/mol. The zero-order valence-corrected chi connectivity index (χ0v) is 11.7. The molecule has 0 radical (unpaired) electrons. The highest BCUT2D eigenvalue weighted by Crippen LogP contribution is 2.31. The minimum Gasteiger partial charge on any atom is -0.258 e. The van der Waals surface area contributed by atoms with Crippen LogP contribution >= 0.6 is 0 Å². The first-order chi connectivity index (χ1) is 8.72. The molecule has 0 aliphatic rings. The van der Waals surface area contributed by atoms with Crippen LogP contribution in [0.4, 0.5) is 5.69 Å². The topological polar surface area (TPSA) is 89.3 Å². The molecule has 102 valence electrons. The number of terminal acetylenes is 1. The third-order valence-corrected chi connectivity index (χ3v) is 4.37. The summed E-state index contributed by atoms with van der Waals surface area (Å²) in [5, 5.41) is 11.0. The van der Waals surface area contributed by atoms with Gasteiger partial charge in [0, 0.05) is 11.1 Å². The molecule has 1 N–H and O–H groups in total. The van der Waals surface area contributed by atoms with E-state index >= 15 is 0 Å². The van der Waals surface area contributed by atoms with Crippen molar-refractivity contribution in [3.05, 3.63) is 32.9 Å². The Balaban J connectivity index is 3.58. The number of hydrogen-bond donors (Lipinski definition) is 1. The van der Waals surface area contributed by atoms with Gasteiger partial charge >= 0.3 is 0 Å². The van der Waals surface area contributed by atoms with Crippen LogP contribution in [0.1, 0.15) is 16.7 Å². The number of nitrogens with one attached hydrogen (secondary N) is 1. The number of nitro groups is 1. The molecule has 0 bridgehead atoms. The van der Waals surface area contributed by atoms with Crippen molar-refractivity contribution >= 4 is 15.7 Å². The van der Waals surface area contributed by atoms with Crippen LogP contribution in [0.5, 0.6) is 0 Å². The highest BCUT2D eigenvalue weighted by Gasteiger charge is 2.27. The van der Waals surface area contributed by atoms with Crippen molar-refractivity contribution in [2.24, 2.45) is 0 Å². The predicted octanol–water partition coefficient (Wildman–Crippen LogP) is 1.43. The van der Waals surface area contributed by atoms with E-state index in [9.17, 15) is 18.5 Å². The Morgan fingerprint density at radius 1 is 1.37 bits per heavy atom. The minimum absolute atomic E-state index is 0.0833. The standard InChI is InChI=1S/C12H14N2O4S/c1-5-6-13-19(17,18)12-9(3)7-8(2)11(10(12)4)14(15)16/h1,7,13H,6H2,2-4H3. The van der Waals surface area contributed by atoms with Gasteiger partial charge in [-0.15, -0.1) is 6.42 Å². The van der Waals surface area contributed by atoms with Crippen molar-refractivity contribution < 1.29 is 13.3 Å². The second kappa shape index (κ2) is 5.38. The van der Waals surface area contributed by atoms with Crippen LogP contribution in [0.2, 0.25) is 0 Å². The lowest BCUT2D eigenvalue weighted by Crippen LogP contribution is -2.26. The molecule has 0 aliphatic carbocycles. The second-order valence-corrected chi connectivity index (χ2v) is 5.80. The maximum absolute atomic E-state index is 12.1. The molecule has 1 aromatic rings. The molecule has 0 aliphatic heterocycles. The Labute approximate surface area is 112 Å². The number of benzene rings is 1. The van der Waals surface area contributed by atoms with Gasteiger partial charge in [-0.25, -0.2) is 8.42 Å². The molecule has 0 fully saturated rings. The lowest BCUT2D eigenvalue weighted by atomic mass is 10.1. The molecule has 0 aromatic heterocycles. The molecule has 1 rings (SSSR count). The van der Waals surface area contributed by atoms with Crippen LogP contribution < -0.4 is 4.72 Å². The van der Waals surface area contributed by atoms with Crippen molar-refractivity contribution in [2.75, 3.05) is 6.54 Å². The number of rotatable bonds is 4. The molecule has 0 amide bonds. The van der Waals surface area contributed by atoms with Crippen molar-refractivity contribution in [2.45, 2.75) is 25.7 Å². The van der Waals surface area contributed by atoms with Gasteiger partial charge in [0.25, 0.3) is 5.69 Å². The van der Waals surface area contributed by atoms with E-state index < -0.39 is 14.9 Å². The monoisotopic (exact) mass is 282 g/mol. The van der Waals surface area contributed by atoms with Gasteiger partial charge in [0.05, 0.1) is 16.4 Å². The summed E-state index contributed by atoms with van der Waals surface area (Å²) < 4.78 is 26.4. The summed E-state index contributed by atoms with van der Waals surface area (Å²) in [6, 6.07) is 1.48. The molecule has 0 heterocycles. The van der Waals surface area contributed by atoms with E-state index in [0.717, 1.165) is 0 Å². The van der Waals surface area contributed by atoms with E-state index in [0.29, 0.717) is 11.1 Å². The molecule has 0 unspecified atom stereocenters.